The Labute approximate surface area is 158 Å². The number of hydrogen-bond acceptors (Lipinski definition) is 2. The molecule has 3 rings (SSSR count). The van der Waals surface area contributed by atoms with Crippen LogP contribution in [0.25, 0.3) is 0 Å². The Morgan fingerprint density at radius 1 is 1.21 bits per heavy atom. The maximum atomic E-state index is 6.20. The quantitative estimate of drug-likeness (QED) is 0.693. The molecular weight excluding hydrogens is 358 g/mol. The highest BCUT2D eigenvalue weighted by Crippen LogP contribution is 2.22. The average Bonchev–Trinajstić information content (AvgIpc) is 3.24. The standard InChI is InChI=1S/C18H22ClN3S2/c1-13(20-18(23)21-15-8-3-2-7-14(15)19)17(16-9-6-12-24-16)22-10-4-5-11-22/h2-3,6-9,12-13,17H,4-5,10-11H2,1H3,(H2,20,21,23)/p+1/t13-,17+/m1/s1. The number of hydrogen-bond donors (Lipinski definition) is 3. The van der Waals surface area contributed by atoms with Gasteiger partial charge >= 0.3 is 0 Å². The predicted octanol–water partition coefficient (Wildman–Crippen LogP) is 3.50. The number of quaternary nitrogens is 1. The van der Waals surface area contributed by atoms with Gasteiger partial charge in [-0.3, -0.25) is 0 Å². The van der Waals surface area contributed by atoms with Crippen molar-refractivity contribution in [1.82, 2.24) is 5.32 Å². The first kappa shape index (κ1) is 17.7. The predicted molar refractivity (Wildman–Crippen MR) is 107 cm³/mol. The zero-order valence-electron chi connectivity index (χ0n) is 13.7. The minimum Gasteiger partial charge on any atom is -0.354 e. The first-order valence-corrected chi connectivity index (χ1v) is 10.0. The molecule has 1 aromatic carbocycles. The molecule has 1 saturated heterocycles. The molecule has 0 amide bonds. The number of likely N-dealkylation sites (tertiary alicyclic amines) is 1. The lowest BCUT2D eigenvalue weighted by molar-refractivity contribution is -0.920. The van der Waals surface area contributed by atoms with Crippen molar-refractivity contribution in [3.05, 3.63) is 51.7 Å². The number of thiocarbonyl (C=S) groups is 1. The van der Waals surface area contributed by atoms with Crippen molar-refractivity contribution in [1.29, 1.82) is 0 Å². The molecule has 2 heterocycles. The summed E-state index contributed by atoms with van der Waals surface area (Å²) in [5.41, 5.74) is 0.838. The van der Waals surface area contributed by atoms with Crippen molar-refractivity contribution in [2.45, 2.75) is 31.8 Å². The number of anilines is 1. The summed E-state index contributed by atoms with van der Waals surface area (Å²) >= 11 is 13.5. The molecule has 24 heavy (non-hydrogen) atoms. The normalized spacial score (nSPS) is 17.4. The maximum absolute atomic E-state index is 6.20. The SMILES string of the molecule is C[C@@H](NC(=S)Nc1ccccc1Cl)[C@@H](c1cccs1)[NH+]1CCCC1. The average molecular weight is 381 g/mol. The van der Waals surface area contributed by atoms with Gasteiger partial charge in [-0.2, -0.15) is 0 Å². The molecule has 2 aromatic rings. The molecule has 3 N–H and O–H groups in total. The molecule has 128 valence electrons. The molecule has 1 fully saturated rings. The topological polar surface area (TPSA) is 28.5 Å². The van der Waals surface area contributed by atoms with Crippen LogP contribution < -0.4 is 15.5 Å². The van der Waals surface area contributed by atoms with E-state index >= 15 is 0 Å². The van der Waals surface area contributed by atoms with Crippen LogP contribution in [0.4, 0.5) is 5.69 Å². The number of rotatable bonds is 5. The largest absolute Gasteiger partial charge is 0.354 e. The fourth-order valence-electron chi connectivity index (χ4n) is 3.42. The van der Waals surface area contributed by atoms with Crippen LogP contribution in [0.15, 0.2) is 41.8 Å². The molecule has 6 heteroatoms. The van der Waals surface area contributed by atoms with E-state index < -0.39 is 0 Å². The minimum absolute atomic E-state index is 0.249. The Bertz CT molecular complexity index is 669. The summed E-state index contributed by atoms with van der Waals surface area (Å²) in [6, 6.07) is 12.7. The Morgan fingerprint density at radius 3 is 2.62 bits per heavy atom. The third-order valence-electron chi connectivity index (χ3n) is 4.52. The van der Waals surface area contributed by atoms with Gasteiger partial charge in [-0.05, 0) is 42.7 Å². The van der Waals surface area contributed by atoms with Crippen LogP contribution in [0, 0.1) is 0 Å². The zero-order valence-corrected chi connectivity index (χ0v) is 16.1. The summed E-state index contributed by atoms with van der Waals surface area (Å²) in [6.07, 6.45) is 2.62. The molecule has 0 saturated carbocycles. The number of benzene rings is 1. The van der Waals surface area contributed by atoms with Crippen LogP contribution in [0.3, 0.4) is 0 Å². The Balaban J connectivity index is 1.68. The Morgan fingerprint density at radius 2 is 1.96 bits per heavy atom. The van der Waals surface area contributed by atoms with Gasteiger partial charge < -0.3 is 15.5 Å². The summed E-state index contributed by atoms with van der Waals surface area (Å²) in [4.78, 5) is 3.07. The van der Waals surface area contributed by atoms with E-state index in [-0.39, 0.29) is 6.04 Å². The van der Waals surface area contributed by atoms with Gasteiger partial charge in [-0.1, -0.05) is 29.8 Å². The number of nitrogens with one attached hydrogen (secondary N) is 3. The lowest BCUT2D eigenvalue weighted by atomic mass is 10.1. The number of para-hydroxylation sites is 1. The van der Waals surface area contributed by atoms with Crippen molar-refractivity contribution in [3.63, 3.8) is 0 Å². The Hall–Kier alpha value is -1.14. The minimum atomic E-state index is 0.249. The van der Waals surface area contributed by atoms with Gasteiger partial charge in [0.1, 0.15) is 6.04 Å². The molecule has 2 atom stereocenters. The molecule has 1 aliphatic rings. The number of thiophene rings is 1. The van der Waals surface area contributed by atoms with Crippen molar-refractivity contribution in [2.75, 3.05) is 18.4 Å². The fraction of sp³-hybridized carbons (Fsp3) is 0.389. The van der Waals surface area contributed by atoms with Crippen molar-refractivity contribution in [3.8, 4) is 0 Å². The van der Waals surface area contributed by atoms with E-state index in [0.717, 1.165) is 5.69 Å². The third kappa shape index (κ3) is 4.28. The first-order chi connectivity index (χ1) is 11.6. The van der Waals surface area contributed by atoms with Gasteiger partial charge in [-0.15, -0.1) is 11.3 Å². The Kier molecular flexibility index (Phi) is 6.11. The highest BCUT2D eigenvalue weighted by molar-refractivity contribution is 7.80. The van der Waals surface area contributed by atoms with Crippen LogP contribution in [0.5, 0.6) is 0 Å². The molecule has 0 unspecified atom stereocenters. The second-order valence-electron chi connectivity index (χ2n) is 6.23. The van der Waals surface area contributed by atoms with Gasteiger partial charge in [0, 0.05) is 12.8 Å². The summed E-state index contributed by atoms with van der Waals surface area (Å²) in [5, 5.41) is 10.1. The molecule has 1 aromatic heterocycles. The van der Waals surface area contributed by atoms with E-state index in [4.69, 9.17) is 23.8 Å². The van der Waals surface area contributed by atoms with Gasteiger partial charge in [0.25, 0.3) is 0 Å². The smallest absolute Gasteiger partial charge is 0.171 e. The molecule has 0 spiro atoms. The monoisotopic (exact) mass is 380 g/mol. The van der Waals surface area contributed by atoms with Crippen molar-refractivity contribution < 1.29 is 4.90 Å². The summed E-state index contributed by atoms with van der Waals surface area (Å²) in [7, 11) is 0. The van der Waals surface area contributed by atoms with E-state index in [1.165, 1.54) is 30.8 Å². The van der Waals surface area contributed by atoms with E-state index in [0.29, 0.717) is 16.2 Å². The third-order valence-corrected chi connectivity index (χ3v) is 6.02. The van der Waals surface area contributed by atoms with Crippen molar-refractivity contribution in [2.24, 2.45) is 0 Å². The van der Waals surface area contributed by atoms with Crippen LogP contribution >= 0.6 is 35.2 Å². The van der Waals surface area contributed by atoms with E-state index in [2.05, 4.69) is 35.1 Å². The molecule has 1 aliphatic heterocycles. The van der Waals surface area contributed by atoms with Crippen molar-refractivity contribution >= 4 is 46.0 Å². The fourth-order valence-corrected chi connectivity index (χ4v) is 4.89. The second-order valence-corrected chi connectivity index (χ2v) is 8.02. The van der Waals surface area contributed by atoms with E-state index in [1.807, 2.05) is 35.6 Å². The maximum Gasteiger partial charge on any atom is 0.171 e. The highest BCUT2D eigenvalue weighted by atomic mass is 35.5. The molecule has 0 bridgehead atoms. The van der Waals surface area contributed by atoms with Gasteiger partial charge in [0.2, 0.25) is 0 Å². The number of halogens is 1. The summed E-state index contributed by atoms with van der Waals surface area (Å²) in [6.45, 7) is 4.69. The van der Waals surface area contributed by atoms with Crippen LogP contribution in [0.1, 0.15) is 30.7 Å². The summed E-state index contributed by atoms with van der Waals surface area (Å²) < 4.78 is 0. The molecule has 0 radical (unpaired) electrons. The van der Waals surface area contributed by atoms with Gasteiger partial charge in [0.15, 0.2) is 5.11 Å². The van der Waals surface area contributed by atoms with Gasteiger partial charge in [0.05, 0.1) is 34.7 Å². The van der Waals surface area contributed by atoms with Crippen LogP contribution in [0.2, 0.25) is 5.02 Å². The van der Waals surface area contributed by atoms with Gasteiger partial charge in [-0.25, -0.2) is 0 Å². The van der Waals surface area contributed by atoms with Crippen LogP contribution in [-0.2, 0) is 0 Å². The lowest BCUT2D eigenvalue weighted by Crippen LogP contribution is -3.11. The summed E-state index contributed by atoms with van der Waals surface area (Å²) in [5.74, 6) is 0. The van der Waals surface area contributed by atoms with E-state index in [1.54, 1.807) is 4.90 Å². The highest BCUT2D eigenvalue weighted by Gasteiger charge is 2.33. The second kappa shape index (κ2) is 8.30. The molecule has 3 nitrogen and oxygen atoms in total. The lowest BCUT2D eigenvalue weighted by Gasteiger charge is -2.30. The van der Waals surface area contributed by atoms with E-state index in [9.17, 15) is 0 Å². The molecule has 0 aliphatic carbocycles. The van der Waals surface area contributed by atoms with Crippen LogP contribution in [-0.4, -0.2) is 24.2 Å². The molecular formula is C18H23ClN3S2+. The zero-order chi connectivity index (χ0) is 16.9. The first-order valence-electron chi connectivity index (χ1n) is 8.35.